The Balaban J connectivity index is 2.17. The molecule has 1 aliphatic heterocycles. The van der Waals surface area contributed by atoms with Crippen molar-refractivity contribution in [3.63, 3.8) is 0 Å². The van der Waals surface area contributed by atoms with Crippen LogP contribution in [0.5, 0.6) is 0 Å². The quantitative estimate of drug-likeness (QED) is 0.759. The Bertz CT molecular complexity index is 353. The maximum Gasteiger partial charge on any atom is 0.225 e. The van der Waals surface area contributed by atoms with Crippen molar-refractivity contribution in [1.82, 2.24) is 9.97 Å². The third kappa shape index (κ3) is 2.19. The summed E-state index contributed by atoms with van der Waals surface area (Å²) in [5, 5.41) is 9.27. The molecule has 1 N–H and O–H groups in total. The Kier molecular flexibility index (Phi) is 3.46. The van der Waals surface area contributed by atoms with Gasteiger partial charge in [0.05, 0.1) is 18.2 Å². The summed E-state index contributed by atoms with van der Waals surface area (Å²) in [5.74, 6) is 0.601. The van der Waals surface area contributed by atoms with E-state index in [1.165, 1.54) is 12.4 Å². The van der Waals surface area contributed by atoms with Gasteiger partial charge in [0.15, 0.2) is 6.29 Å². The molecule has 0 aliphatic carbocycles. The third-order valence-electron chi connectivity index (χ3n) is 2.89. The van der Waals surface area contributed by atoms with Gasteiger partial charge in [-0.1, -0.05) is 0 Å². The maximum absolute atomic E-state index is 10.5. The predicted molar refractivity (Wildman–Crippen MR) is 59.5 cm³/mol. The van der Waals surface area contributed by atoms with E-state index in [-0.39, 0.29) is 12.6 Å². The Morgan fingerprint density at radius 3 is 2.81 bits per heavy atom. The molecule has 0 spiro atoms. The van der Waals surface area contributed by atoms with Crippen LogP contribution in [0.15, 0.2) is 12.4 Å². The largest absolute Gasteiger partial charge is 0.394 e. The van der Waals surface area contributed by atoms with Crippen LogP contribution in [-0.2, 0) is 0 Å². The van der Waals surface area contributed by atoms with Crippen molar-refractivity contribution in [2.45, 2.75) is 25.3 Å². The van der Waals surface area contributed by atoms with Gasteiger partial charge in [-0.25, -0.2) is 9.97 Å². The zero-order valence-corrected chi connectivity index (χ0v) is 9.04. The fourth-order valence-corrected chi connectivity index (χ4v) is 1.99. The minimum absolute atomic E-state index is 0.107. The summed E-state index contributed by atoms with van der Waals surface area (Å²) in [4.78, 5) is 20.8. The van der Waals surface area contributed by atoms with Crippen molar-refractivity contribution in [1.29, 1.82) is 0 Å². The van der Waals surface area contributed by atoms with Crippen LogP contribution < -0.4 is 4.90 Å². The monoisotopic (exact) mass is 221 g/mol. The summed E-state index contributed by atoms with van der Waals surface area (Å²) < 4.78 is 0. The topological polar surface area (TPSA) is 66.3 Å². The van der Waals surface area contributed by atoms with E-state index in [0.29, 0.717) is 11.5 Å². The minimum Gasteiger partial charge on any atom is -0.394 e. The van der Waals surface area contributed by atoms with Crippen molar-refractivity contribution in [2.75, 3.05) is 18.1 Å². The van der Waals surface area contributed by atoms with Gasteiger partial charge < -0.3 is 10.0 Å². The van der Waals surface area contributed by atoms with Gasteiger partial charge in [-0.15, -0.1) is 0 Å². The molecule has 5 nitrogen and oxygen atoms in total. The first kappa shape index (κ1) is 11.0. The highest BCUT2D eigenvalue weighted by molar-refractivity contribution is 5.73. The number of aliphatic hydroxyl groups is 1. The van der Waals surface area contributed by atoms with Crippen LogP contribution in [0.3, 0.4) is 0 Å². The Morgan fingerprint density at radius 2 is 2.19 bits per heavy atom. The third-order valence-corrected chi connectivity index (χ3v) is 2.89. The number of piperidine rings is 1. The molecule has 86 valence electrons. The highest BCUT2D eigenvalue weighted by atomic mass is 16.3. The minimum atomic E-state index is 0.107. The van der Waals surface area contributed by atoms with Crippen molar-refractivity contribution < 1.29 is 9.90 Å². The summed E-state index contributed by atoms with van der Waals surface area (Å²) in [7, 11) is 0. The molecular formula is C11H15N3O2. The second kappa shape index (κ2) is 5.03. The Labute approximate surface area is 94.1 Å². The molecule has 1 fully saturated rings. The highest BCUT2D eigenvalue weighted by Crippen LogP contribution is 2.20. The number of aliphatic hydroxyl groups excluding tert-OH is 1. The molecule has 1 aromatic heterocycles. The van der Waals surface area contributed by atoms with Crippen LogP contribution in [0.25, 0.3) is 0 Å². The first-order valence-electron chi connectivity index (χ1n) is 5.50. The predicted octanol–water partition coefficient (Wildman–Crippen LogP) is 0.640. The van der Waals surface area contributed by atoms with E-state index in [2.05, 4.69) is 9.97 Å². The molecule has 2 rings (SSSR count). The van der Waals surface area contributed by atoms with Crippen molar-refractivity contribution in [3.8, 4) is 0 Å². The summed E-state index contributed by atoms with van der Waals surface area (Å²) in [6, 6.07) is 0.107. The van der Waals surface area contributed by atoms with Crippen LogP contribution >= 0.6 is 0 Å². The average Bonchev–Trinajstić information content (AvgIpc) is 2.39. The van der Waals surface area contributed by atoms with Gasteiger partial charge in [-0.3, -0.25) is 4.79 Å². The average molecular weight is 221 g/mol. The molecule has 0 aromatic carbocycles. The lowest BCUT2D eigenvalue weighted by Gasteiger charge is -2.34. The first-order valence-corrected chi connectivity index (χ1v) is 5.50. The molecule has 1 saturated heterocycles. The molecule has 1 aromatic rings. The maximum atomic E-state index is 10.5. The molecule has 0 radical (unpaired) electrons. The molecule has 2 heterocycles. The van der Waals surface area contributed by atoms with Crippen LogP contribution in [0, 0.1) is 0 Å². The van der Waals surface area contributed by atoms with E-state index in [1.807, 2.05) is 4.90 Å². The molecule has 0 amide bonds. The van der Waals surface area contributed by atoms with Crippen LogP contribution in [0.1, 0.15) is 29.6 Å². The number of hydrogen-bond acceptors (Lipinski definition) is 5. The van der Waals surface area contributed by atoms with E-state index in [1.54, 1.807) is 0 Å². The second-order valence-electron chi connectivity index (χ2n) is 3.96. The Morgan fingerprint density at radius 1 is 1.44 bits per heavy atom. The van der Waals surface area contributed by atoms with Crippen LogP contribution in [0.4, 0.5) is 5.95 Å². The van der Waals surface area contributed by atoms with Gasteiger partial charge in [0.2, 0.25) is 5.95 Å². The number of aromatic nitrogens is 2. The van der Waals surface area contributed by atoms with Gasteiger partial charge in [0.1, 0.15) is 0 Å². The fourth-order valence-electron chi connectivity index (χ4n) is 1.99. The van der Waals surface area contributed by atoms with E-state index >= 15 is 0 Å². The van der Waals surface area contributed by atoms with Gasteiger partial charge in [0, 0.05) is 18.9 Å². The SMILES string of the molecule is O=Cc1cnc(N2CCCCC2CO)nc1. The van der Waals surface area contributed by atoms with E-state index in [4.69, 9.17) is 0 Å². The van der Waals surface area contributed by atoms with Gasteiger partial charge >= 0.3 is 0 Å². The van der Waals surface area contributed by atoms with Crippen molar-refractivity contribution in [3.05, 3.63) is 18.0 Å². The first-order chi connectivity index (χ1) is 7.85. The highest BCUT2D eigenvalue weighted by Gasteiger charge is 2.23. The lowest BCUT2D eigenvalue weighted by Crippen LogP contribution is -2.42. The smallest absolute Gasteiger partial charge is 0.225 e. The van der Waals surface area contributed by atoms with Crippen molar-refractivity contribution in [2.24, 2.45) is 0 Å². The summed E-state index contributed by atoms with van der Waals surface area (Å²) in [5.41, 5.74) is 0.473. The van der Waals surface area contributed by atoms with Crippen molar-refractivity contribution >= 4 is 12.2 Å². The molecule has 1 unspecified atom stereocenters. The number of carbonyl (C=O) groups excluding carboxylic acids is 1. The van der Waals surface area contributed by atoms with Crippen LogP contribution in [-0.4, -0.2) is 40.6 Å². The zero-order valence-electron chi connectivity index (χ0n) is 9.04. The summed E-state index contributed by atoms with van der Waals surface area (Å²) in [6.07, 6.45) is 6.94. The summed E-state index contributed by atoms with van der Waals surface area (Å²) >= 11 is 0. The lowest BCUT2D eigenvalue weighted by molar-refractivity contribution is 0.112. The number of hydrogen-bond donors (Lipinski definition) is 1. The number of nitrogens with zero attached hydrogens (tertiary/aromatic N) is 3. The normalized spacial score (nSPS) is 20.8. The lowest BCUT2D eigenvalue weighted by atomic mass is 10.0. The standard InChI is InChI=1S/C11H15N3O2/c15-7-9-5-12-11(13-6-9)14-4-2-1-3-10(14)8-16/h5-7,10,16H,1-4,8H2. The van der Waals surface area contributed by atoms with Gasteiger partial charge in [-0.2, -0.15) is 0 Å². The molecule has 0 bridgehead atoms. The molecular weight excluding hydrogens is 206 g/mol. The molecule has 5 heteroatoms. The zero-order chi connectivity index (χ0) is 11.4. The van der Waals surface area contributed by atoms with Crippen LogP contribution in [0.2, 0.25) is 0 Å². The van der Waals surface area contributed by atoms with Gasteiger partial charge in [-0.05, 0) is 19.3 Å². The Hall–Kier alpha value is -1.49. The van der Waals surface area contributed by atoms with E-state index in [0.717, 1.165) is 32.1 Å². The fraction of sp³-hybridized carbons (Fsp3) is 0.545. The second-order valence-corrected chi connectivity index (χ2v) is 3.96. The van der Waals surface area contributed by atoms with Gasteiger partial charge in [0.25, 0.3) is 0 Å². The number of anilines is 1. The summed E-state index contributed by atoms with van der Waals surface area (Å²) in [6.45, 7) is 0.991. The molecule has 1 aliphatic rings. The molecule has 1 atom stereocenters. The van der Waals surface area contributed by atoms with E-state index in [9.17, 15) is 9.90 Å². The van der Waals surface area contributed by atoms with E-state index < -0.39 is 0 Å². The molecule has 0 saturated carbocycles. The number of rotatable bonds is 3. The number of aldehydes is 1. The molecule has 16 heavy (non-hydrogen) atoms. The number of carbonyl (C=O) groups is 1.